The summed E-state index contributed by atoms with van der Waals surface area (Å²) in [6, 6.07) is 14.8. The number of thiazole rings is 1. The number of hydrogen-bond donors (Lipinski definition) is 1. The van der Waals surface area contributed by atoms with Gasteiger partial charge in [0.1, 0.15) is 16.5 Å². The second-order valence-corrected chi connectivity index (χ2v) is 7.45. The predicted molar refractivity (Wildman–Crippen MR) is 98.3 cm³/mol. The average Bonchev–Trinajstić information content (AvgIpc) is 3.41. The molecule has 0 bridgehead atoms. The van der Waals surface area contributed by atoms with Crippen molar-refractivity contribution in [3.63, 3.8) is 0 Å². The van der Waals surface area contributed by atoms with E-state index in [1.807, 2.05) is 23.5 Å². The molecule has 0 amide bonds. The van der Waals surface area contributed by atoms with Gasteiger partial charge in [-0.2, -0.15) is 5.10 Å². The van der Waals surface area contributed by atoms with Crippen LogP contribution in [0.2, 0.25) is 0 Å². The Morgan fingerprint density at radius 3 is 3.04 bits per heavy atom. The largest absolute Gasteiger partial charge is 0.458 e. The fourth-order valence-corrected chi connectivity index (χ4v) is 4.67. The van der Waals surface area contributed by atoms with Crippen molar-refractivity contribution in [3.8, 4) is 11.5 Å². The molecule has 5 rings (SSSR count). The smallest absolute Gasteiger partial charge is 0.152 e. The summed E-state index contributed by atoms with van der Waals surface area (Å²) in [5, 5.41) is 8.15. The van der Waals surface area contributed by atoms with E-state index in [2.05, 4.69) is 45.4 Å². The first kappa shape index (κ1) is 14.9. The third kappa shape index (κ3) is 2.77. The first-order chi connectivity index (χ1) is 12.4. The molecule has 5 nitrogen and oxygen atoms in total. The second kappa shape index (κ2) is 6.13. The minimum absolute atomic E-state index is 0.387. The van der Waals surface area contributed by atoms with Crippen molar-refractivity contribution in [1.29, 1.82) is 0 Å². The number of para-hydroxylation sites is 1. The number of aromatic amines is 1. The van der Waals surface area contributed by atoms with Crippen LogP contribution in [0, 0.1) is 0 Å². The van der Waals surface area contributed by atoms with Crippen LogP contribution in [-0.2, 0) is 6.54 Å². The van der Waals surface area contributed by atoms with Gasteiger partial charge in [0.25, 0.3) is 0 Å². The zero-order valence-electron chi connectivity index (χ0n) is 13.7. The van der Waals surface area contributed by atoms with Crippen LogP contribution < -0.4 is 0 Å². The molecular formula is C19H18N4OS. The van der Waals surface area contributed by atoms with Gasteiger partial charge >= 0.3 is 0 Å². The number of hydrogen-bond acceptors (Lipinski definition) is 5. The van der Waals surface area contributed by atoms with E-state index in [4.69, 9.17) is 9.40 Å². The second-order valence-electron chi connectivity index (χ2n) is 6.38. The van der Waals surface area contributed by atoms with E-state index in [1.165, 1.54) is 16.1 Å². The van der Waals surface area contributed by atoms with Gasteiger partial charge in [-0.25, -0.2) is 4.98 Å². The van der Waals surface area contributed by atoms with Crippen LogP contribution in [-0.4, -0.2) is 26.6 Å². The molecule has 1 aliphatic heterocycles. The monoisotopic (exact) mass is 350 g/mol. The van der Waals surface area contributed by atoms with Crippen molar-refractivity contribution in [2.24, 2.45) is 0 Å². The van der Waals surface area contributed by atoms with Crippen molar-refractivity contribution in [2.75, 3.05) is 6.54 Å². The highest BCUT2D eigenvalue weighted by Crippen LogP contribution is 2.37. The molecule has 6 heteroatoms. The number of rotatable bonds is 4. The van der Waals surface area contributed by atoms with Crippen molar-refractivity contribution < 1.29 is 4.42 Å². The van der Waals surface area contributed by atoms with E-state index >= 15 is 0 Å². The Morgan fingerprint density at radius 2 is 2.16 bits per heavy atom. The highest BCUT2D eigenvalue weighted by molar-refractivity contribution is 7.18. The number of nitrogens with one attached hydrogen (secondary N) is 1. The van der Waals surface area contributed by atoms with E-state index in [1.54, 1.807) is 6.20 Å². The SMILES string of the molecule is c1ccc2sc([C@H]3CCCN3Cc3ccc(-c4ccn[nH]4)o3)nc2c1. The zero-order valence-corrected chi connectivity index (χ0v) is 14.5. The first-order valence-corrected chi connectivity index (χ1v) is 9.36. The number of aromatic nitrogens is 3. The van der Waals surface area contributed by atoms with Gasteiger partial charge in [0.2, 0.25) is 0 Å². The molecule has 3 aromatic heterocycles. The van der Waals surface area contributed by atoms with E-state index in [9.17, 15) is 0 Å². The quantitative estimate of drug-likeness (QED) is 0.583. The molecule has 0 aliphatic carbocycles. The maximum absolute atomic E-state index is 6.00. The fraction of sp³-hybridized carbons (Fsp3) is 0.263. The summed E-state index contributed by atoms with van der Waals surface area (Å²) in [5.41, 5.74) is 2.02. The van der Waals surface area contributed by atoms with Crippen molar-refractivity contribution in [1.82, 2.24) is 20.1 Å². The van der Waals surface area contributed by atoms with Crippen LogP contribution in [0.25, 0.3) is 21.7 Å². The Balaban J connectivity index is 1.38. The standard InChI is InChI=1S/C19H18N4OS/c1-2-6-18-15(4-1)21-19(25-18)16-5-3-11-23(16)12-13-7-8-17(24-13)14-9-10-20-22-14/h1-2,4,6-10,16H,3,5,11-12H2,(H,20,22)/t16-/m1/s1. The Kier molecular flexibility index (Phi) is 3.64. The topological polar surface area (TPSA) is 58.0 Å². The summed E-state index contributed by atoms with van der Waals surface area (Å²) in [6.07, 6.45) is 4.10. The maximum atomic E-state index is 6.00. The molecular weight excluding hydrogens is 332 g/mol. The van der Waals surface area contributed by atoms with Crippen LogP contribution in [0.4, 0.5) is 0 Å². The average molecular weight is 350 g/mol. The summed E-state index contributed by atoms with van der Waals surface area (Å²) >= 11 is 1.82. The lowest BCUT2D eigenvalue weighted by Crippen LogP contribution is -2.22. The minimum atomic E-state index is 0.387. The summed E-state index contributed by atoms with van der Waals surface area (Å²) in [6.45, 7) is 1.90. The fourth-order valence-electron chi connectivity index (χ4n) is 3.53. The van der Waals surface area contributed by atoms with Crippen LogP contribution >= 0.6 is 11.3 Å². The van der Waals surface area contributed by atoms with Crippen molar-refractivity contribution >= 4 is 21.6 Å². The minimum Gasteiger partial charge on any atom is -0.458 e. The van der Waals surface area contributed by atoms with Crippen molar-refractivity contribution in [2.45, 2.75) is 25.4 Å². The van der Waals surface area contributed by atoms with E-state index in [0.717, 1.165) is 42.2 Å². The van der Waals surface area contributed by atoms with Crippen LogP contribution in [0.5, 0.6) is 0 Å². The number of likely N-dealkylation sites (tertiary alicyclic amines) is 1. The molecule has 0 saturated carbocycles. The Hall–Kier alpha value is -2.44. The number of nitrogens with zero attached hydrogens (tertiary/aromatic N) is 3. The maximum Gasteiger partial charge on any atom is 0.152 e. The molecule has 0 unspecified atom stereocenters. The van der Waals surface area contributed by atoms with Crippen LogP contribution in [0.15, 0.2) is 53.1 Å². The molecule has 25 heavy (non-hydrogen) atoms. The Labute approximate surface area is 149 Å². The summed E-state index contributed by atoms with van der Waals surface area (Å²) in [5.74, 6) is 1.82. The molecule has 0 radical (unpaired) electrons. The highest BCUT2D eigenvalue weighted by atomic mass is 32.1. The van der Waals surface area contributed by atoms with Gasteiger partial charge in [-0.3, -0.25) is 10.00 Å². The predicted octanol–water partition coefficient (Wildman–Crippen LogP) is 4.62. The van der Waals surface area contributed by atoms with Gasteiger partial charge < -0.3 is 4.42 Å². The molecule has 1 fully saturated rings. The Bertz CT molecular complexity index is 955. The van der Waals surface area contributed by atoms with Gasteiger partial charge in [-0.05, 0) is 49.7 Å². The third-order valence-corrected chi connectivity index (χ3v) is 5.88. The van der Waals surface area contributed by atoms with Crippen LogP contribution in [0.1, 0.15) is 29.7 Å². The zero-order chi connectivity index (χ0) is 16.6. The first-order valence-electron chi connectivity index (χ1n) is 8.55. The van der Waals surface area contributed by atoms with Gasteiger partial charge in [-0.1, -0.05) is 12.1 Å². The highest BCUT2D eigenvalue weighted by Gasteiger charge is 2.29. The number of furan rings is 1. The summed E-state index contributed by atoms with van der Waals surface area (Å²) in [4.78, 5) is 7.34. The van der Waals surface area contributed by atoms with Gasteiger partial charge in [-0.15, -0.1) is 11.3 Å². The molecule has 1 N–H and O–H groups in total. The molecule has 4 heterocycles. The molecule has 1 saturated heterocycles. The van der Waals surface area contributed by atoms with Gasteiger partial charge in [0, 0.05) is 6.20 Å². The Morgan fingerprint density at radius 1 is 1.20 bits per heavy atom. The molecule has 1 aliphatic rings. The molecule has 1 aromatic carbocycles. The van der Waals surface area contributed by atoms with Crippen molar-refractivity contribution in [3.05, 3.63) is 59.4 Å². The van der Waals surface area contributed by atoms with Gasteiger partial charge in [0.05, 0.1) is 22.8 Å². The summed E-state index contributed by atoms with van der Waals surface area (Å²) < 4.78 is 7.27. The van der Waals surface area contributed by atoms with E-state index < -0.39 is 0 Å². The number of fused-ring (bicyclic) bond motifs is 1. The lowest BCUT2D eigenvalue weighted by Gasteiger charge is -2.21. The van der Waals surface area contributed by atoms with Gasteiger partial charge in [0.15, 0.2) is 5.76 Å². The van der Waals surface area contributed by atoms with E-state index in [0.29, 0.717) is 6.04 Å². The number of H-pyrrole nitrogens is 1. The third-order valence-electron chi connectivity index (χ3n) is 4.75. The summed E-state index contributed by atoms with van der Waals surface area (Å²) in [7, 11) is 0. The van der Waals surface area contributed by atoms with E-state index in [-0.39, 0.29) is 0 Å². The van der Waals surface area contributed by atoms with Crippen LogP contribution in [0.3, 0.4) is 0 Å². The lowest BCUT2D eigenvalue weighted by molar-refractivity contribution is 0.229. The lowest BCUT2D eigenvalue weighted by atomic mass is 10.2. The molecule has 1 atom stereocenters. The molecule has 4 aromatic rings. The molecule has 0 spiro atoms. The molecule has 126 valence electrons. The number of benzene rings is 1. The normalized spacial score (nSPS) is 18.3.